The molecule has 0 aliphatic heterocycles. The molecular formula is C13H18FN3O4. The van der Waals surface area contributed by atoms with Crippen molar-refractivity contribution >= 4 is 11.8 Å². The first kappa shape index (κ1) is 16.8. The van der Waals surface area contributed by atoms with Crippen molar-refractivity contribution in [2.45, 2.75) is 32.4 Å². The van der Waals surface area contributed by atoms with Crippen LogP contribution in [-0.4, -0.2) is 23.2 Å². The normalized spacial score (nSPS) is 12.6. The standard InChI is InChI=1S/C13H18FN3O4/c1-13(2,3)21-12(18)16-9(7-15)8-5-4-6-10(11(8)14)17(19)20/h4-6,9H,7,15H2,1-3H3,(H,16,18). The number of nitrogens with two attached hydrogens (primary N) is 1. The minimum absolute atomic E-state index is 0.0578. The Kier molecular flexibility index (Phi) is 5.20. The van der Waals surface area contributed by atoms with Crippen LogP contribution in [0.1, 0.15) is 32.4 Å². The molecule has 0 saturated carbocycles. The van der Waals surface area contributed by atoms with Gasteiger partial charge in [-0.25, -0.2) is 4.79 Å². The average Bonchev–Trinajstić information content (AvgIpc) is 2.34. The minimum Gasteiger partial charge on any atom is -0.444 e. The third-order valence-electron chi connectivity index (χ3n) is 2.51. The predicted molar refractivity (Wildman–Crippen MR) is 74.2 cm³/mol. The molecule has 0 heterocycles. The van der Waals surface area contributed by atoms with E-state index < -0.39 is 34.2 Å². The fraction of sp³-hybridized carbons (Fsp3) is 0.462. The second kappa shape index (κ2) is 6.49. The molecular weight excluding hydrogens is 281 g/mol. The van der Waals surface area contributed by atoms with E-state index in [0.717, 1.165) is 6.07 Å². The van der Waals surface area contributed by atoms with Gasteiger partial charge in [-0.15, -0.1) is 0 Å². The predicted octanol–water partition coefficient (Wildman–Crippen LogP) is 2.26. The zero-order valence-corrected chi connectivity index (χ0v) is 12.1. The molecule has 0 saturated heterocycles. The molecule has 0 aliphatic carbocycles. The topological polar surface area (TPSA) is 107 Å². The van der Waals surface area contributed by atoms with Crippen LogP contribution in [0.15, 0.2) is 18.2 Å². The van der Waals surface area contributed by atoms with Gasteiger partial charge in [-0.1, -0.05) is 12.1 Å². The first-order valence-electron chi connectivity index (χ1n) is 6.28. The Morgan fingerprint density at radius 1 is 1.52 bits per heavy atom. The Morgan fingerprint density at radius 3 is 2.62 bits per heavy atom. The van der Waals surface area contributed by atoms with Gasteiger partial charge < -0.3 is 15.8 Å². The molecule has 116 valence electrons. The second-order valence-corrected chi connectivity index (χ2v) is 5.37. The molecule has 7 nitrogen and oxygen atoms in total. The zero-order chi connectivity index (χ0) is 16.2. The van der Waals surface area contributed by atoms with E-state index in [1.165, 1.54) is 12.1 Å². The summed E-state index contributed by atoms with van der Waals surface area (Å²) in [6.45, 7) is 4.91. The third kappa shape index (κ3) is 4.67. The minimum atomic E-state index is -1.02. The fourth-order valence-electron chi connectivity index (χ4n) is 1.66. The van der Waals surface area contributed by atoms with Crippen molar-refractivity contribution in [3.8, 4) is 0 Å². The maximum absolute atomic E-state index is 14.1. The number of hydrogen-bond donors (Lipinski definition) is 2. The first-order chi connectivity index (χ1) is 9.65. The highest BCUT2D eigenvalue weighted by molar-refractivity contribution is 5.68. The zero-order valence-electron chi connectivity index (χ0n) is 12.1. The molecule has 0 aromatic heterocycles. The van der Waals surface area contributed by atoms with Gasteiger partial charge in [0.15, 0.2) is 0 Å². The third-order valence-corrected chi connectivity index (χ3v) is 2.51. The summed E-state index contributed by atoms with van der Waals surface area (Å²) in [5.74, 6) is -1.02. The highest BCUT2D eigenvalue weighted by Gasteiger charge is 2.25. The molecule has 1 aromatic rings. The molecule has 1 aromatic carbocycles. The number of ether oxygens (including phenoxy) is 1. The number of alkyl carbamates (subject to hydrolysis) is 1. The average molecular weight is 299 g/mol. The molecule has 0 bridgehead atoms. The van der Waals surface area contributed by atoms with Crippen LogP contribution in [0.2, 0.25) is 0 Å². The van der Waals surface area contributed by atoms with Crippen molar-refractivity contribution in [1.82, 2.24) is 5.32 Å². The van der Waals surface area contributed by atoms with Crippen LogP contribution < -0.4 is 11.1 Å². The molecule has 1 unspecified atom stereocenters. The maximum Gasteiger partial charge on any atom is 0.408 e. The Hall–Kier alpha value is -2.22. The van der Waals surface area contributed by atoms with E-state index in [-0.39, 0.29) is 12.1 Å². The van der Waals surface area contributed by atoms with Gasteiger partial charge >= 0.3 is 11.8 Å². The lowest BCUT2D eigenvalue weighted by Gasteiger charge is -2.23. The van der Waals surface area contributed by atoms with Crippen LogP contribution in [0, 0.1) is 15.9 Å². The van der Waals surface area contributed by atoms with E-state index in [4.69, 9.17) is 10.5 Å². The number of halogens is 1. The Morgan fingerprint density at radius 2 is 2.14 bits per heavy atom. The summed E-state index contributed by atoms with van der Waals surface area (Å²) in [7, 11) is 0. The molecule has 0 fully saturated rings. The Labute approximate surface area is 121 Å². The van der Waals surface area contributed by atoms with Crippen LogP contribution in [0.5, 0.6) is 0 Å². The largest absolute Gasteiger partial charge is 0.444 e. The van der Waals surface area contributed by atoms with E-state index >= 15 is 0 Å². The van der Waals surface area contributed by atoms with Crippen LogP contribution in [0.25, 0.3) is 0 Å². The monoisotopic (exact) mass is 299 g/mol. The van der Waals surface area contributed by atoms with Crippen molar-refractivity contribution in [1.29, 1.82) is 0 Å². The first-order valence-corrected chi connectivity index (χ1v) is 6.28. The van der Waals surface area contributed by atoms with E-state index in [1.807, 2.05) is 0 Å². The van der Waals surface area contributed by atoms with Gasteiger partial charge in [-0.05, 0) is 20.8 Å². The lowest BCUT2D eigenvalue weighted by Crippen LogP contribution is -2.38. The molecule has 8 heteroatoms. The van der Waals surface area contributed by atoms with E-state index in [1.54, 1.807) is 20.8 Å². The van der Waals surface area contributed by atoms with Gasteiger partial charge in [0.25, 0.3) is 0 Å². The number of amides is 1. The fourth-order valence-corrected chi connectivity index (χ4v) is 1.66. The van der Waals surface area contributed by atoms with Crippen LogP contribution in [-0.2, 0) is 4.74 Å². The summed E-state index contributed by atoms with van der Waals surface area (Å²) in [6, 6.07) is 2.78. The molecule has 0 spiro atoms. The Balaban J connectivity index is 2.98. The molecule has 1 rings (SSSR count). The number of carbonyl (C=O) groups is 1. The summed E-state index contributed by atoms with van der Waals surface area (Å²) in [4.78, 5) is 21.6. The summed E-state index contributed by atoms with van der Waals surface area (Å²) in [5, 5.41) is 13.1. The number of benzene rings is 1. The maximum atomic E-state index is 14.1. The number of nitro benzene ring substituents is 1. The van der Waals surface area contributed by atoms with Crippen LogP contribution >= 0.6 is 0 Å². The molecule has 1 amide bonds. The van der Waals surface area contributed by atoms with Crippen molar-refractivity contribution in [3.05, 3.63) is 39.7 Å². The van der Waals surface area contributed by atoms with E-state index in [9.17, 15) is 19.3 Å². The number of nitro groups is 1. The van der Waals surface area contributed by atoms with E-state index in [0.29, 0.717) is 0 Å². The van der Waals surface area contributed by atoms with Gasteiger partial charge in [0.2, 0.25) is 5.82 Å². The lowest BCUT2D eigenvalue weighted by molar-refractivity contribution is -0.387. The van der Waals surface area contributed by atoms with Gasteiger partial charge in [0, 0.05) is 18.2 Å². The lowest BCUT2D eigenvalue weighted by atomic mass is 10.1. The van der Waals surface area contributed by atoms with E-state index in [2.05, 4.69) is 5.32 Å². The number of nitrogens with one attached hydrogen (secondary N) is 1. The summed E-state index contributed by atoms with van der Waals surface area (Å²) >= 11 is 0. The quantitative estimate of drug-likeness (QED) is 0.655. The number of rotatable bonds is 4. The molecule has 0 radical (unpaired) electrons. The smallest absolute Gasteiger partial charge is 0.408 e. The molecule has 0 aliphatic rings. The highest BCUT2D eigenvalue weighted by Crippen LogP contribution is 2.25. The van der Waals surface area contributed by atoms with Gasteiger partial charge in [0.1, 0.15) is 5.60 Å². The molecule has 3 N–H and O–H groups in total. The Bertz CT molecular complexity index is 543. The number of carbonyl (C=O) groups excluding carboxylic acids is 1. The summed E-state index contributed by atoms with van der Waals surface area (Å²) in [5.41, 5.74) is 4.06. The van der Waals surface area contributed by atoms with Crippen molar-refractivity contribution < 1.29 is 18.8 Å². The van der Waals surface area contributed by atoms with Gasteiger partial charge in [-0.3, -0.25) is 10.1 Å². The SMILES string of the molecule is CC(C)(C)OC(=O)NC(CN)c1cccc([N+](=O)[O-])c1F. The summed E-state index contributed by atoms with van der Waals surface area (Å²) in [6.07, 6.45) is -0.774. The molecule has 1 atom stereocenters. The van der Waals surface area contributed by atoms with Crippen molar-refractivity contribution in [3.63, 3.8) is 0 Å². The molecule has 21 heavy (non-hydrogen) atoms. The number of nitrogens with zero attached hydrogens (tertiary/aromatic N) is 1. The summed E-state index contributed by atoms with van der Waals surface area (Å²) < 4.78 is 19.1. The van der Waals surface area contributed by atoms with Crippen molar-refractivity contribution in [2.24, 2.45) is 5.73 Å². The number of hydrogen-bond acceptors (Lipinski definition) is 5. The van der Waals surface area contributed by atoms with Crippen LogP contribution in [0.4, 0.5) is 14.9 Å². The van der Waals surface area contributed by atoms with Gasteiger partial charge in [0.05, 0.1) is 11.0 Å². The van der Waals surface area contributed by atoms with Crippen LogP contribution in [0.3, 0.4) is 0 Å². The van der Waals surface area contributed by atoms with Crippen molar-refractivity contribution in [2.75, 3.05) is 6.54 Å². The van der Waals surface area contributed by atoms with Gasteiger partial charge in [-0.2, -0.15) is 4.39 Å². The highest BCUT2D eigenvalue weighted by atomic mass is 19.1. The second-order valence-electron chi connectivity index (χ2n) is 5.37.